The summed E-state index contributed by atoms with van der Waals surface area (Å²) in [6.07, 6.45) is 5.90. The highest BCUT2D eigenvalue weighted by Crippen LogP contribution is 2.25. The van der Waals surface area contributed by atoms with E-state index in [1.54, 1.807) is 0 Å². The van der Waals surface area contributed by atoms with Crippen molar-refractivity contribution >= 4 is 0 Å². The average molecular weight is 257 g/mol. The fourth-order valence-electron chi connectivity index (χ4n) is 2.84. The van der Waals surface area contributed by atoms with Gasteiger partial charge >= 0.3 is 0 Å². The second kappa shape index (κ2) is 5.57. The van der Waals surface area contributed by atoms with Gasteiger partial charge < -0.3 is 5.73 Å². The molecule has 0 amide bonds. The highest BCUT2D eigenvalue weighted by atomic mass is 15.2. The van der Waals surface area contributed by atoms with Crippen LogP contribution in [0.4, 0.5) is 0 Å². The van der Waals surface area contributed by atoms with Crippen molar-refractivity contribution in [3.8, 4) is 0 Å². The summed E-state index contributed by atoms with van der Waals surface area (Å²) in [5.41, 5.74) is 12.8. The third-order valence-corrected chi connectivity index (χ3v) is 3.61. The van der Waals surface area contributed by atoms with Crippen LogP contribution in [0.25, 0.3) is 0 Å². The molecular weight excluding hydrogens is 234 g/mol. The van der Waals surface area contributed by atoms with Gasteiger partial charge in [0.15, 0.2) is 0 Å². The second-order valence-corrected chi connectivity index (χ2v) is 5.48. The van der Waals surface area contributed by atoms with Crippen LogP contribution >= 0.6 is 0 Å². The molecule has 0 radical (unpaired) electrons. The minimum absolute atomic E-state index is 0.0980. The molecule has 3 nitrogen and oxygen atoms in total. The van der Waals surface area contributed by atoms with Gasteiger partial charge in [-0.3, -0.25) is 4.68 Å². The van der Waals surface area contributed by atoms with Crippen LogP contribution in [0.3, 0.4) is 0 Å². The first kappa shape index (κ1) is 13.8. The largest absolute Gasteiger partial charge is 0.324 e. The third kappa shape index (κ3) is 3.24. The standard InChI is InChI=1S/C16H23N3/c1-11-7-12(2)16(13(3)8-11)15(17)6-5-14-9-18-19(4)10-14/h7-10,15H,5-6,17H2,1-4H3. The number of hydrogen-bond donors (Lipinski definition) is 1. The maximum Gasteiger partial charge on any atom is 0.0521 e. The Morgan fingerprint density at radius 2 is 1.84 bits per heavy atom. The maximum atomic E-state index is 6.37. The zero-order chi connectivity index (χ0) is 14.0. The molecule has 1 heterocycles. The Labute approximate surface area is 115 Å². The molecular formula is C16H23N3. The van der Waals surface area contributed by atoms with E-state index in [0.29, 0.717) is 0 Å². The van der Waals surface area contributed by atoms with Crippen molar-refractivity contribution in [2.24, 2.45) is 12.8 Å². The lowest BCUT2D eigenvalue weighted by atomic mass is 9.91. The fourth-order valence-corrected chi connectivity index (χ4v) is 2.84. The molecule has 2 N–H and O–H groups in total. The smallest absolute Gasteiger partial charge is 0.0521 e. The lowest BCUT2D eigenvalue weighted by Gasteiger charge is -2.18. The Hall–Kier alpha value is -1.61. The first-order valence-corrected chi connectivity index (χ1v) is 6.78. The van der Waals surface area contributed by atoms with Crippen LogP contribution in [-0.4, -0.2) is 9.78 Å². The number of aryl methyl sites for hydroxylation is 5. The van der Waals surface area contributed by atoms with Crippen LogP contribution in [0.1, 0.15) is 40.3 Å². The molecule has 2 rings (SSSR count). The number of rotatable bonds is 4. The van der Waals surface area contributed by atoms with E-state index in [1.165, 1.54) is 27.8 Å². The molecule has 0 saturated heterocycles. The van der Waals surface area contributed by atoms with Crippen molar-refractivity contribution < 1.29 is 0 Å². The Bertz CT molecular complexity index is 546. The lowest BCUT2D eigenvalue weighted by Crippen LogP contribution is -2.14. The van der Waals surface area contributed by atoms with E-state index in [9.17, 15) is 0 Å². The average Bonchev–Trinajstić information content (AvgIpc) is 2.71. The van der Waals surface area contributed by atoms with Gasteiger partial charge in [-0.15, -0.1) is 0 Å². The number of nitrogens with zero attached hydrogens (tertiary/aromatic N) is 2. The van der Waals surface area contributed by atoms with Gasteiger partial charge in [-0.2, -0.15) is 5.10 Å². The molecule has 0 aliphatic rings. The number of hydrogen-bond acceptors (Lipinski definition) is 2. The molecule has 19 heavy (non-hydrogen) atoms. The Morgan fingerprint density at radius 3 is 2.37 bits per heavy atom. The van der Waals surface area contributed by atoms with E-state index in [0.717, 1.165) is 12.8 Å². The topological polar surface area (TPSA) is 43.8 Å². The fraction of sp³-hybridized carbons (Fsp3) is 0.438. The highest BCUT2D eigenvalue weighted by Gasteiger charge is 2.12. The quantitative estimate of drug-likeness (QED) is 0.915. The molecule has 3 heteroatoms. The monoisotopic (exact) mass is 257 g/mol. The Morgan fingerprint density at radius 1 is 1.21 bits per heavy atom. The molecule has 1 aromatic heterocycles. The van der Waals surface area contributed by atoms with Gasteiger partial charge in [0.1, 0.15) is 0 Å². The molecule has 0 fully saturated rings. The van der Waals surface area contributed by atoms with Gasteiger partial charge in [0.2, 0.25) is 0 Å². The van der Waals surface area contributed by atoms with Crippen molar-refractivity contribution in [1.82, 2.24) is 9.78 Å². The summed E-state index contributed by atoms with van der Waals surface area (Å²) < 4.78 is 1.84. The van der Waals surface area contributed by atoms with Crippen LogP contribution in [0.15, 0.2) is 24.5 Å². The number of nitrogens with two attached hydrogens (primary N) is 1. The molecule has 102 valence electrons. The molecule has 0 spiro atoms. The predicted molar refractivity (Wildman–Crippen MR) is 79.1 cm³/mol. The third-order valence-electron chi connectivity index (χ3n) is 3.61. The van der Waals surface area contributed by atoms with Crippen molar-refractivity contribution in [3.63, 3.8) is 0 Å². The van der Waals surface area contributed by atoms with Crippen molar-refractivity contribution in [2.45, 2.75) is 39.7 Å². The van der Waals surface area contributed by atoms with Crippen LogP contribution < -0.4 is 5.73 Å². The first-order chi connectivity index (χ1) is 8.97. The first-order valence-electron chi connectivity index (χ1n) is 6.78. The molecule has 0 bridgehead atoms. The molecule has 0 saturated carbocycles. The molecule has 1 atom stereocenters. The van der Waals surface area contributed by atoms with E-state index in [-0.39, 0.29) is 6.04 Å². The predicted octanol–water partition coefficient (Wildman–Crippen LogP) is 2.98. The summed E-state index contributed by atoms with van der Waals surface area (Å²) in [5.74, 6) is 0. The maximum absolute atomic E-state index is 6.37. The summed E-state index contributed by atoms with van der Waals surface area (Å²) in [6, 6.07) is 4.53. The Balaban J connectivity index is 2.10. The van der Waals surface area contributed by atoms with Crippen LogP contribution in [-0.2, 0) is 13.5 Å². The molecule has 1 aromatic carbocycles. The van der Waals surface area contributed by atoms with E-state index in [2.05, 4.69) is 44.2 Å². The van der Waals surface area contributed by atoms with Crippen molar-refractivity contribution in [2.75, 3.05) is 0 Å². The highest BCUT2D eigenvalue weighted by molar-refractivity contribution is 5.39. The minimum atomic E-state index is 0.0980. The normalized spacial score (nSPS) is 12.7. The van der Waals surface area contributed by atoms with Gasteiger partial charge in [-0.1, -0.05) is 17.7 Å². The van der Waals surface area contributed by atoms with Crippen LogP contribution in [0.2, 0.25) is 0 Å². The van der Waals surface area contributed by atoms with Gasteiger partial charge in [0, 0.05) is 19.3 Å². The summed E-state index contributed by atoms with van der Waals surface area (Å²) in [7, 11) is 1.94. The molecule has 1 unspecified atom stereocenters. The summed E-state index contributed by atoms with van der Waals surface area (Å²) in [5, 5.41) is 4.19. The molecule has 0 aliphatic carbocycles. The van der Waals surface area contributed by atoms with E-state index in [1.807, 2.05) is 17.9 Å². The van der Waals surface area contributed by atoms with Crippen molar-refractivity contribution in [3.05, 3.63) is 52.3 Å². The van der Waals surface area contributed by atoms with Gasteiger partial charge in [-0.05, 0) is 55.9 Å². The zero-order valence-electron chi connectivity index (χ0n) is 12.3. The molecule has 0 aliphatic heterocycles. The van der Waals surface area contributed by atoms with E-state index < -0.39 is 0 Å². The van der Waals surface area contributed by atoms with Gasteiger partial charge in [-0.25, -0.2) is 0 Å². The van der Waals surface area contributed by atoms with Gasteiger partial charge in [0.05, 0.1) is 6.20 Å². The minimum Gasteiger partial charge on any atom is -0.324 e. The second-order valence-electron chi connectivity index (χ2n) is 5.48. The molecule has 2 aromatic rings. The van der Waals surface area contributed by atoms with Crippen molar-refractivity contribution in [1.29, 1.82) is 0 Å². The van der Waals surface area contributed by atoms with Crippen LogP contribution in [0.5, 0.6) is 0 Å². The van der Waals surface area contributed by atoms with Gasteiger partial charge in [0.25, 0.3) is 0 Å². The zero-order valence-corrected chi connectivity index (χ0v) is 12.3. The Kier molecular flexibility index (Phi) is 4.05. The van der Waals surface area contributed by atoms with Crippen LogP contribution in [0, 0.1) is 20.8 Å². The van der Waals surface area contributed by atoms with E-state index >= 15 is 0 Å². The SMILES string of the molecule is Cc1cc(C)c(C(N)CCc2cnn(C)c2)c(C)c1. The number of benzene rings is 1. The lowest BCUT2D eigenvalue weighted by molar-refractivity contribution is 0.643. The van der Waals surface area contributed by atoms with E-state index in [4.69, 9.17) is 5.73 Å². The summed E-state index contributed by atoms with van der Waals surface area (Å²) >= 11 is 0. The summed E-state index contributed by atoms with van der Waals surface area (Å²) in [4.78, 5) is 0. The number of aromatic nitrogens is 2. The summed E-state index contributed by atoms with van der Waals surface area (Å²) in [6.45, 7) is 6.43.